The number of benzene rings is 2. The highest BCUT2D eigenvalue weighted by atomic mass is 127. The van der Waals surface area contributed by atoms with Crippen LogP contribution >= 0.6 is 22.6 Å². The number of hydrogen-bond acceptors (Lipinski definition) is 5. The number of para-hydroxylation sites is 1. The number of fused-ring (bicyclic) bond motifs is 1. The minimum absolute atomic E-state index is 0.211. The molecule has 1 amide bonds. The van der Waals surface area contributed by atoms with Crippen LogP contribution in [-0.4, -0.2) is 25.8 Å². The van der Waals surface area contributed by atoms with Crippen LogP contribution in [0.4, 0.5) is 0 Å². The zero-order chi connectivity index (χ0) is 18.5. The van der Waals surface area contributed by atoms with Gasteiger partial charge in [0.15, 0.2) is 17.3 Å². The van der Waals surface area contributed by atoms with E-state index in [0.29, 0.717) is 23.7 Å². The molecule has 0 fully saturated rings. The Morgan fingerprint density at radius 2 is 2.12 bits per heavy atom. The van der Waals surface area contributed by atoms with Crippen LogP contribution in [0.1, 0.15) is 23.0 Å². The van der Waals surface area contributed by atoms with Crippen molar-refractivity contribution in [3.63, 3.8) is 0 Å². The number of methoxy groups -OCH3 is 1. The molecule has 3 aromatic rings. The predicted molar refractivity (Wildman–Crippen MR) is 108 cm³/mol. The Kier molecular flexibility index (Phi) is 5.77. The van der Waals surface area contributed by atoms with Crippen molar-refractivity contribution in [3.8, 4) is 11.5 Å². The van der Waals surface area contributed by atoms with Crippen molar-refractivity contribution in [2.75, 3.05) is 13.7 Å². The summed E-state index contributed by atoms with van der Waals surface area (Å²) in [6.45, 7) is 2.43. The van der Waals surface area contributed by atoms with Crippen molar-refractivity contribution in [1.29, 1.82) is 0 Å². The fraction of sp³-hybridized carbons (Fsp3) is 0.158. The minimum atomic E-state index is -0.411. The first kappa shape index (κ1) is 18.2. The van der Waals surface area contributed by atoms with E-state index in [1.807, 2.05) is 37.3 Å². The molecule has 0 radical (unpaired) electrons. The van der Waals surface area contributed by atoms with Gasteiger partial charge in [0.05, 0.1) is 23.5 Å². The van der Waals surface area contributed by atoms with E-state index in [9.17, 15) is 4.79 Å². The highest BCUT2D eigenvalue weighted by molar-refractivity contribution is 14.1. The molecule has 2 aromatic carbocycles. The third kappa shape index (κ3) is 3.98. The third-order valence-electron chi connectivity index (χ3n) is 3.56. The third-order valence-corrected chi connectivity index (χ3v) is 4.37. The number of hydrogen-bond donors (Lipinski definition) is 1. The zero-order valence-electron chi connectivity index (χ0n) is 14.3. The summed E-state index contributed by atoms with van der Waals surface area (Å²) in [7, 11) is 1.60. The molecule has 3 rings (SSSR count). The summed E-state index contributed by atoms with van der Waals surface area (Å²) in [5.74, 6) is 1.11. The largest absolute Gasteiger partial charge is 0.492 e. The topological polar surface area (TPSA) is 73.1 Å². The van der Waals surface area contributed by atoms with Crippen LogP contribution in [0.25, 0.3) is 11.0 Å². The number of hydrazone groups is 1. The number of furan rings is 1. The van der Waals surface area contributed by atoms with Gasteiger partial charge in [-0.3, -0.25) is 4.79 Å². The van der Waals surface area contributed by atoms with Gasteiger partial charge in [0.1, 0.15) is 5.58 Å². The summed E-state index contributed by atoms with van der Waals surface area (Å²) in [6.07, 6.45) is 1.55. The van der Waals surface area contributed by atoms with Gasteiger partial charge in [-0.05, 0) is 59.3 Å². The van der Waals surface area contributed by atoms with Gasteiger partial charge in [-0.1, -0.05) is 18.2 Å². The molecule has 0 aliphatic rings. The molecule has 0 spiro atoms. The average molecular weight is 464 g/mol. The smallest absolute Gasteiger partial charge is 0.307 e. The van der Waals surface area contributed by atoms with Gasteiger partial charge in [-0.15, -0.1) is 0 Å². The molecule has 0 atom stereocenters. The molecule has 0 saturated carbocycles. The summed E-state index contributed by atoms with van der Waals surface area (Å²) in [5.41, 5.74) is 3.91. The number of ether oxygens (including phenoxy) is 2. The normalized spacial score (nSPS) is 11.0. The lowest BCUT2D eigenvalue weighted by Gasteiger charge is -2.11. The maximum absolute atomic E-state index is 12.2. The van der Waals surface area contributed by atoms with Crippen molar-refractivity contribution in [2.45, 2.75) is 6.92 Å². The SMILES string of the molecule is CCOc1cc(/C=N\NC(=O)c2cc3ccccc3o2)cc(I)c1OC. The molecule has 1 aromatic heterocycles. The van der Waals surface area contributed by atoms with Gasteiger partial charge in [0.25, 0.3) is 0 Å². The fourth-order valence-corrected chi connectivity index (χ4v) is 3.28. The molecule has 0 bridgehead atoms. The van der Waals surface area contributed by atoms with Crippen LogP contribution in [0.3, 0.4) is 0 Å². The second-order valence-corrected chi connectivity index (χ2v) is 6.48. The van der Waals surface area contributed by atoms with E-state index in [0.717, 1.165) is 14.5 Å². The van der Waals surface area contributed by atoms with E-state index in [-0.39, 0.29) is 5.76 Å². The van der Waals surface area contributed by atoms with Crippen molar-refractivity contribution in [1.82, 2.24) is 5.43 Å². The summed E-state index contributed by atoms with van der Waals surface area (Å²) >= 11 is 2.16. The van der Waals surface area contributed by atoms with Gasteiger partial charge in [0.2, 0.25) is 0 Å². The monoisotopic (exact) mass is 464 g/mol. The number of carbonyl (C=O) groups excluding carboxylic acids is 1. The number of halogens is 1. The zero-order valence-corrected chi connectivity index (χ0v) is 16.4. The van der Waals surface area contributed by atoms with Crippen LogP contribution in [0.5, 0.6) is 11.5 Å². The Morgan fingerprint density at radius 3 is 2.85 bits per heavy atom. The Labute approximate surface area is 164 Å². The van der Waals surface area contributed by atoms with Gasteiger partial charge < -0.3 is 13.9 Å². The van der Waals surface area contributed by atoms with Crippen LogP contribution in [-0.2, 0) is 0 Å². The Hall–Kier alpha value is -2.55. The van der Waals surface area contributed by atoms with E-state index in [1.165, 1.54) is 0 Å². The van der Waals surface area contributed by atoms with Gasteiger partial charge in [-0.2, -0.15) is 5.10 Å². The molecule has 7 heteroatoms. The van der Waals surface area contributed by atoms with Gasteiger partial charge >= 0.3 is 5.91 Å². The maximum atomic E-state index is 12.2. The average Bonchev–Trinajstić information content (AvgIpc) is 3.06. The highest BCUT2D eigenvalue weighted by Gasteiger charge is 2.12. The molecule has 134 valence electrons. The lowest BCUT2D eigenvalue weighted by Crippen LogP contribution is -2.16. The van der Waals surface area contributed by atoms with Crippen molar-refractivity contribution in [3.05, 3.63) is 57.4 Å². The number of carbonyl (C=O) groups is 1. The maximum Gasteiger partial charge on any atom is 0.307 e. The number of nitrogens with one attached hydrogen (secondary N) is 1. The van der Waals surface area contributed by atoms with Crippen LogP contribution in [0.2, 0.25) is 0 Å². The van der Waals surface area contributed by atoms with Crippen LogP contribution in [0, 0.1) is 3.57 Å². The predicted octanol–water partition coefficient (Wildman–Crippen LogP) is 4.21. The minimum Gasteiger partial charge on any atom is -0.492 e. The molecule has 0 aliphatic carbocycles. The molecular formula is C19H17IN2O4. The Bertz CT molecular complexity index is 932. The van der Waals surface area contributed by atoms with Gasteiger partial charge in [-0.25, -0.2) is 5.43 Å². The molecule has 1 heterocycles. The van der Waals surface area contributed by atoms with E-state index >= 15 is 0 Å². The number of nitrogens with zero attached hydrogens (tertiary/aromatic N) is 1. The quantitative estimate of drug-likeness (QED) is 0.337. The van der Waals surface area contributed by atoms with Crippen molar-refractivity contribution in [2.24, 2.45) is 5.10 Å². The first-order valence-corrected chi connectivity index (χ1v) is 9.02. The second kappa shape index (κ2) is 8.22. The van der Waals surface area contributed by atoms with Gasteiger partial charge in [0, 0.05) is 5.39 Å². The van der Waals surface area contributed by atoms with E-state index in [1.54, 1.807) is 25.5 Å². The standard InChI is InChI=1S/C19H17IN2O4/c1-3-25-16-9-12(8-14(20)18(16)24-2)11-21-22-19(23)17-10-13-6-4-5-7-15(13)26-17/h4-11H,3H2,1-2H3,(H,22,23)/b21-11-. The first-order chi connectivity index (χ1) is 12.6. The van der Waals surface area contributed by atoms with Crippen molar-refractivity contribution >= 4 is 45.7 Å². The molecule has 1 N–H and O–H groups in total. The van der Waals surface area contributed by atoms with Crippen LogP contribution in [0.15, 0.2) is 52.0 Å². The molecule has 6 nitrogen and oxygen atoms in total. The summed E-state index contributed by atoms with van der Waals surface area (Å²) in [6, 6.07) is 12.8. The Balaban J connectivity index is 1.74. The number of amides is 1. The molecule has 0 aliphatic heterocycles. The Morgan fingerprint density at radius 1 is 1.31 bits per heavy atom. The summed E-state index contributed by atoms with van der Waals surface area (Å²) in [4.78, 5) is 12.2. The molecule has 0 saturated heterocycles. The lowest BCUT2D eigenvalue weighted by atomic mass is 10.2. The first-order valence-electron chi connectivity index (χ1n) is 7.94. The fourth-order valence-electron chi connectivity index (χ4n) is 2.44. The summed E-state index contributed by atoms with van der Waals surface area (Å²) in [5, 5.41) is 4.87. The van der Waals surface area contributed by atoms with E-state index in [2.05, 4.69) is 33.1 Å². The van der Waals surface area contributed by atoms with E-state index in [4.69, 9.17) is 13.9 Å². The number of rotatable bonds is 6. The molecular weight excluding hydrogens is 447 g/mol. The van der Waals surface area contributed by atoms with E-state index < -0.39 is 5.91 Å². The highest BCUT2D eigenvalue weighted by Crippen LogP contribution is 2.33. The van der Waals surface area contributed by atoms with Crippen LogP contribution < -0.4 is 14.9 Å². The van der Waals surface area contributed by atoms with Crippen molar-refractivity contribution < 1.29 is 18.7 Å². The summed E-state index contributed by atoms with van der Waals surface area (Å²) < 4.78 is 17.3. The molecule has 0 unspecified atom stereocenters. The molecule has 26 heavy (non-hydrogen) atoms. The second-order valence-electron chi connectivity index (χ2n) is 5.31. The lowest BCUT2D eigenvalue weighted by molar-refractivity contribution is 0.0929.